The maximum Gasteiger partial charge on any atom is 0.115 e. The van der Waals surface area contributed by atoms with Crippen molar-refractivity contribution < 1.29 is 5.11 Å². The summed E-state index contributed by atoms with van der Waals surface area (Å²) in [5.41, 5.74) is 4.44. The average Bonchev–Trinajstić information content (AvgIpc) is 3.41. The van der Waals surface area contributed by atoms with E-state index in [9.17, 15) is 5.11 Å². The van der Waals surface area contributed by atoms with E-state index < -0.39 is 0 Å². The zero-order valence-electron chi connectivity index (χ0n) is 15.3. The van der Waals surface area contributed by atoms with Crippen molar-refractivity contribution in [3.05, 3.63) is 65.2 Å². The predicted molar refractivity (Wildman–Crippen MR) is 103 cm³/mol. The lowest BCUT2D eigenvalue weighted by molar-refractivity contribution is 0.241. The van der Waals surface area contributed by atoms with Crippen LogP contribution in [-0.2, 0) is 11.8 Å². The van der Waals surface area contributed by atoms with E-state index in [1.807, 2.05) is 12.1 Å². The molecule has 0 aromatic heterocycles. The van der Waals surface area contributed by atoms with Gasteiger partial charge in [0.05, 0.1) is 0 Å². The van der Waals surface area contributed by atoms with Crippen molar-refractivity contribution in [3.63, 3.8) is 0 Å². The van der Waals surface area contributed by atoms with Crippen molar-refractivity contribution in [1.82, 2.24) is 5.32 Å². The molecule has 1 saturated carbocycles. The van der Waals surface area contributed by atoms with E-state index in [0.29, 0.717) is 11.7 Å². The second-order valence-corrected chi connectivity index (χ2v) is 8.22. The van der Waals surface area contributed by atoms with Gasteiger partial charge in [-0.2, -0.15) is 0 Å². The Hall–Kier alpha value is -1.80. The molecule has 1 fully saturated rings. The second kappa shape index (κ2) is 6.49. The second-order valence-electron chi connectivity index (χ2n) is 8.22. The molecular weight excluding hydrogens is 306 g/mol. The Morgan fingerprint density at radius 3 is 2.72 bits per heavy atom. The van der Waals surface area contributed by atoms with Crippen LogP contribution in [0, 0.1) is 11.8 Å². The number of phenols is 1. The van der Waals surface area contributed by atoms with Crippen molar-refractivity contribution in [2.75, 3.05) is 13.1 Å². The van der Waals surface area contributed by atoms with Gasteiger partial charge in [0.25, 0.3) is 0 Å². The largest absolute Gasteiger partial charge is 0.508 e. The van der Waals surface area contributed by atoms with E-state index in [1.165, 1.54) is 23.1 Å². The van der Waals surface area contributed by atoms with E-state index in [4.69, 9.17) is 0 Å². The van der Waals surface area contributed by atoms with Crippen LogP contribution < -0.4 is 5.32 Å². The molecule has 0 spiro atoms. The van der Waals surface area contributed by atoms with Crippen molar-refractivity contribution >= 4 is 0 Å². The quantitative estimate of drug-likeness (QED) is 0.755. The SMILES string of the molecule is CC1C2CC2c2ccc(O)cc2C1(C)CCNCCc1ccccc1. The van der Waals surface area contributed by atoms with Gasteiger partial charge in [0.1, 0.15) is 5.75 Å². The lowest BCUT2D eigenvalue weighted by Gasteiger charge is -2.42. The molecule has 132 valence electrons. The molecule has 2 N–H and O–H groups in total. The zero-order chi connectivity index (χ0) is 17.4. The summed E-state index contributed by atoms with van der Waals surface area (Å²) in [5.74, 6) is 2.67. The molecule has 2 aliphatic rings. The molecule has 2 nitrogen and oxygen atoms in total. The molecule has 2 aromatic carbocycles. The Morgan fingerprint density at radius 2 is 1.92 bits per heavy atom. The average molecular weight is 335 g/mol. The first-order valence-electron chi connectivity index (χ1n) is 9.67. The first kappa shape index (κ1) is 16.7. The smallest absolute Gasteiger partial charge is 0.115 e. The fraction of sp³-hybridized carbons (Fsp3) is 0.478. The van der Waals surface area contributed by atoms with Crippen molar-refractivity contribution in [2.24, 2.45) is 11.8 Å². The van der Waals surface area contributed by atoms with Gasteiger partial charge in [-0.15, -0.1) is 0 Å². The summed E-state index contributed by atoms with van der Waals surface area (Å²) < 4.78 is 0. The van der Waals surface area contributed by atoms with Crippen molar-refractivity contribution in [2.45, 2.75) is 44.4 Å². The molecule has 4 atom stereocenters. The number of rotatable bonds is 6. The number of fused-ring (bicyclic) bond motifs is 3. The van der Waals surface area contributed by atoms with Crippen LogP contribution in [0.4, 0.5) is 0 Å². The molecular formula is C23H29NO. The van der Waals surface area contributed by atoms with Crippen LogP contribution in [0.1, 0.15) is 49.3 Å². The topological polar surface area (TPSA) is 32.3 Å². The zero-order valence-corrected chi connectivity index (χ0v) is 15.3. The summed E-state index contributed by atoms with van der Waals surface area (Å²) in [6, 6.07) is 16.7. The highest BCUT2D eigenvalue weighted by Crippen LogP contribution is 2.63. The summed E-state index contributed by atoms with van der Waals surface area (Å²) >= 11 is 0. The lowest BCUT2D eigenvalue weighted by Crippen LogP contribution is -2.38. The first-order valence-corrected chi connectivity index (χ1v) is 9.67. The van der Waals surface area contributed by atoms with Crippen molar-refractivity contribution in [1.29, 1.82) is 0 Å². The molecule has 4 rings (SSSR count). The van der Waals surface area contributed by atoms with Crippen molar-refractivity contribution in [3.8, 4) is 5.75 Å². The molecule has 0 heterocycles. The minimum Gasteiger partial charge on any atom is -0.508 e. The molecule has 0 bridgehead atoms. The minimum absolute atomic E-state index is 0.158. The number of hydrogen-bond acceptors (Lipinski definition) is 2. The maximum absolute atomic E-state index is 10.0. The predicted octanol–water partition coefficient (Wildman–Crippen LogP) is 4.63. The molecule has 2 heteroatoms. The Bertz CT molecular complexity index is 741. The van der Waals surface area contributed by atoms with Crippen LogP contribution in [0.3, 0.4) is 0 Å². The van der Waals surface area contributed by atoms with Gasteiger partial charge >= 0.3 is 0 Å². The summed E-state index contributed by atoms with van der Waals surface area (Å²) in [7, 11) is 0. The molecule has 25 heavy (non-hydrogen) atoms. The van der Waals surface area contributed by atoms with E-state index in [2.05, 4.69) is 55.6 Å². The van der Waals surface area contributed by atoms with Gasteiger partial charge in [-0.3, -0.25) is 0 Å². The third kappa shape index (κ3) is 3.08. The highest BCUT2D eigenvalue weighted by molar-refractivity contribution is 5.48. The molecule has 0 aliphatic heterocycles. The van der Waals surface area contributed by atoms with Crippen LogP contribution >= 0.6 is 0 Å². The Morgan fingerprint density at radius 1 is 1.12 bits per heavy atom. The van der Waals surface area contributed by atoms with Crippen LogP contribution in [-0.4, -0.2) is 18.2 Å². The van der Waals surface area contributed by atoms with Gasteiger partial charge in [0.2, 0.25) is 0 Å². The summed E-state index contributed by atoms with van der Waals surface area (Å²) in [5, 5.41) is 13.7. The van der Waals surface area contributed by atoms with E-state index in [0.717, 1.165) is 37.8 Å². The lowest BCUT2D eigenvalue weighted by atomic mass is 9.63. The van der Waals surface area contributed by atoms with Crippen LogP contribution in [0.15, 0.2) is 48.5 Å². The standard InChI is InChI=1S/C23H29NO/c1-16-20-15-21(20)19-9-8-18(25)14-22(19)23(16,2)11-13-24-12-10-17-6-4-3-5-7-17/h3-9,14,16,20-21,24-25H,10-13,15H2,1-2H3. The van der Waals surface area contributed by atoms with Gasteiger partial charge in [-0.25, -0.2) is 0 Å². The minimum atomic E-state index is 0.158. The molecule has 0 radical (unpaired) electrons. The third-order valence-electron chi connectivity index (χ3n) is 6.79. The number of phenolic OH excluding ortho intramolecular Hbond substituents is 1. The Labute approximate surface area is 151 Å². The number of aromatic hydroxyl groups is 1. The van der Waals surface area contributed by atoms with Gasteiger partial charge in [-0.1, -0.05) is 50.2 Å². The fourth-order valence-electron chi connectivity index (χ4n) is 4.92. The van der Waals surface area contributed by atoms with E-state index in [-0.39, 0.29) is 5.41 Å². The highest BCUT2D eigenvalue weighted by Gasteiger charge is 2.54. The normalized spacial score (nSPS) is 29.8. The molecule has 2 aromatic rings. The van der Waals surface area contributed by atoms with Crippen LogP contribution in [0.25, 0.3) is 0 Å². The molecule has 0 saturated heterocycles. The summed E-state index contributed by atoms with van der Waals surface area (Å²) in [6.07, 6.45) is 3.54. The molecule has 2 aliphatic carbocycles. The number of benzene rings is 2. The number of hydrogen-bond donors (Lipinski definition) is 2. The first-order chi connectivity index (χ1) is 12.1. The maximum atomic E-state index is 10.0. The number of nitrogens with one attached hydrogen (secondary N) is 1. The fourth-order valence-corrected chi connectivity index (χ4v) is 4.92. The van der Waals surface area contributed by atoms with Crippen LogP contribution in [0.5, 0.6) is 5.75 Å². The van der Waals surface area contributed by atoms with Gasteiger partial charge in [-0.05, 0) is 84.3 Å². The van der Waals surface area contributed by atoms with E-state index in [1.54, 1.807) is 0 Å². The monoisotopic (exact) mass is 335 g/mol. The summed E-state index contributed by atoms with van der Waals surface area (Å²) in [4.78, 5) is 0. The van der Waals surface area contributed by atoms with Gasteiger partial charge in [0, 0.05) is 0 Å². The van der Waals surface area contributed by atoms with Gasteiger partial charge in [0.15, 0.2) is 0 Å². The molecule has 4 unspecified atom stereocenters. The van der Waals surface area contributed by atoms with Crippen LogP contribution in [0.2, 0.25) is 0 Å². The molecule has 0 amide bonds. The Balaban J connectivity index is 1.40. The highest BCUT2D eigenvalue weighted by atomic mass is 16.3. The van der Waals surface area contributed by atoms with Gasteiger partial charge < -0.3 is 10.4 Å². The van der Waals surface area contributed by atoms with E-state index >= 15 is 0 Å². The third-order valence-corrected chi connectivity index (χ3v) is 6.79. The summed E-state index contributed by atoms with van der Waals surface area (Å²) in [6.45, 7) is 6.87. The Kier molecular flexibility index (Phi) is 4.33.